The molecule has 2 unspecified atom stereocenters. The first-order valence-electron chi connectivity index (χ1n) is 6.04. The summed E-state index contributed by atoms with van der Waals surface area (Å²) < 4.78 is 0. The van der Waals surface area contributed by atoms with E-state index in [0.717, 1.165) is 18.4 Å². The number of pyridine rings is 1. The molecule has 1 aromatic heterocycles. The van der Waals surface area contributed by atoms with E-state index >= 15 is 0 Å². The Morgan fingerprint density at radius 3 is 2.69 bits per heavy atom. The van der Waals surface area contributed by atoms with Crippen LogP contribution in [0.5, 0.6) is 0 Å². The minimum Gasteiger partial charge on any atom is -0.385 e. The average Bonchev–Trinajstić information content (AvgIpc) is 2.15. The minimum atomic E-state index is -0.685. The third-order valence-electron chi connectivity index (χ3n) is 3.56. The van der Waals surface area contributed by atoms with Gasteiger partial charge in [-0.1, -0.05) is 26.8 Å². The maximum atomic E-state index is 10.8. The molecule has 1 aliphatic carbocycles. The van der Waals surface area contributed by atoms with Crippen LogP contribution in [0, 0.1) is 11.3 Å². The van der Waals surface area contributed by atoms with Crippen LogP contribution in [-0.4, -0.2) is 10.1 Å². The van der Waals surface area contributed by atoms with Gasteiger partial charge in [0.25, 0.3) is 0 Å². The van der Waals surface area contributed by atoms with Crippen molar-refractivity contribution in [3.63, 3.8) is 0 Å². The Kier molecular flexibility index (Phi) is 2.79. The molecule has 1 fully saturated rings. The molecule has 1 aliphatic rings. The van der Waals surface area contributed by atoms with E-state index < -0.39 is 5.60 Å². The molecule has 2 heteroatoms. The average molecular weight is 219 g/mol. The van der Waals surface area contributed by atoms with Crippen LogP contribution in [0.1, 0.15) is 45.6 Å². The van der Waals surface area contributed by atoms with Crippen molar-refractivity contribution in [1.82, 2.24) is 4.98 Å². The summed E-state index contributed by atoms with van der Waals surface area (Å²) >= 11 is 0. The van der Waals surface area contributed by atoms with Gasteiger partial charge in [0.05, 0.1) is 5.60 Å². The van der Waals surface area contributed by atoms with Crippen molar-refractivity contribution in [2.75, 3.05) is 0 Å². The van der Waals surface area contributed by atoms with Gasteiger partial charge in [-0.25, -0.2) is 0 Å². The molecule has 0 amide bonds. The van der Waals surface area contributed by atoms with Crippen LogP contribution in [0.4, 0.5) is 0 Å². The zero-order valence-electron chi connectivity index (χ0n) is 10.4. The Labute approximate surface area is 97.7 Å². The summed E-state index contributed by atoms with van der Waals surface area (Å²) in [5, 5.41) is 10.8. The molecule has 2 rings (SSSR count). The molecule has 2 nitrogen and oxygen atoms in total. The van der Waals surface area contributed by atoms with Crippen molar-refractivity contribution in [2.24, 2.45) is 11.3 Å². The van der Waals surface area contributed by atoms with Gasteiger partial charge in [0.2, 0.25) is 0 Å². The number of aliphatic hydroxyl groups is 1. The smallest absolute Gasteiger partial charge is 0.0919 e. The van der Waals surface area contributed by atoms with Crippen LogP contribution in [-0.2, 0) is 5.60 Å². The Balaban J connectivity index is 2.31. The maximum absolute atomic E-state index is 10.8. The summed E-state index contributed by atoms with van der Waals surface area (Å²) in [7, 11) is 0. The van der Waals surface area contributed by atoms with Crippen LogP contribution in [0.25, 0.3) is 0 Å². The topological polar surface area (TPSA) is 33.1 Å². The van der Waals surface area contributed by atoms with Gasteiger partial charge in [0.1, 0.15) is 0 Å². The zero-order valence-corrected chi connectivity index (χ0v) is 10.4. The maximum Gasteiger partial charge on any atom is 0.0919 e. The lowest BCUT2D eigenvalue weighted by atomic mass is 9.64. The summed E-state index contributed by atoms with van der Waals surface area (Å²) in [5.74, 6) is 0.564. The molecule has 0 spiro atoms. The van der Waals surface area contributed by atoms with Crippen molar-refractivity contribution in [1.29, 1.82) is 0 Å². The molecular formula is C14H21NO. The molecule has 1 heterocycles. The van der Waals surface area contributed by atoms with Crippen LogP contribution in [0.2, 0.25) is 0 Å². The van der Waals surface area contributed by atoms with Gasteiger partial charge in [-0.3, -0.25) is 4.98 Å². The third-order valence-corrected chi connectivity index (χ3v) is 3.56. The monoisotopic (exact) mass is 219 g/mol. The number of rotatable bonds is 1. The largest absolute Gasteiger partial charge is 0.385 e. The van der Waals surface area contributed by atoms with Crippen LogP contribution in [0.3, 0.4) is 0 Å². The predicted octanol–water partition coefficient (Wildman–Crippen LogP) is 3.12. The molecule has 0 aromatic carbocycles. The Morgan fingerprint density at radius 1 is 1.38 bits per heavy atom. The quantitative estimate of drug-likeness (QED) is 0.787. The number of hydrogen-bond donors (Lipinski definition) is 1. The van der Waals surface area contributed by atoms with Gasteiger partial charge in [-0.2, -0.15) is 0 Å². The van der Waals surface area contributed by atoms with Gasteiger partial charge in [-0.15, -0.1) is 0 Å². The van der Waals surface area contributed by atoms with E-state index in [2.05, 4.69) is 25.8 Å². The van der Waals surface area contributed by atoms with Gasteiger partial charge >= 0.3 is 0 Å². The van der Waals surface area contributed by atoms with Crippen molar-refractivity contribution in [3.05, 3.63) is 30.1 Å². The summed E-state index contributed by atoms with van der Waals surface area (Å²) in [6, 6.07) is 3.89. The first kappa shape index (κ1) is 11.6. The molecule has 1 aromatic rings. The van der Waals surface area contributed by atoms with Crippen molar-refractivity contribution in [2.45, 2.75) is 45.6 Å². The Bertz CT molecular complexity index is 360. The summed E-state index contributed by atoms with van der Waals surface area (Å²) in [6.07, 6.45) is 6.42. The molecule has 0 saturated heterocycles. The van der Waals surface area contributed by atoms with Crippen molar-refractivity contribution < 1.29 is 5.11 Å². The SMILES string of the molecule is CC1CC(C)(C)CC(O)(c2cccnc2)C1. The van der Waals surface area contributed by atoms with Crippen molar-refractivity contribution >= 4 is 0 Å². The molecule has 0 bridgehead atoms. The lowest BCUT2D eigenvalue weighted by molar-refractivity contribution is -0.0637. The highest BCUT2D eigenvalue weighted by Crippen LogP contribution is 2.48. The highest BCUT2D eigenvalue weighted by Gasteiger charge is 2.42. The van der Waals surface area contributed by atoms with E-state index in [1.165, 1.54) is 6.42 Å². The van der Waals surface area contributed by atoms with E-state index in [1.54, 1.807) is 12.4 Å². The molecule has 1 N–H and O–H groups in total. The predicted molar refractivity (Wildman–Crippen MR) is 64.9 cm³/mol. The van der Waals surface area contributed by atoms with E-state index in [1.807, 2.05) is 12.1 Å². The number of nitrogens with zero attached hydrogens (tertiary/aromatic N) is 1. The van der Waals surface area contributed by atoms with Gasteiger partial charge < -0.3 is 5.11 Å². The molecule has 0 aliphatic heterocycles. The van der Waals surface area contributed by atoms with Crippen LogP contribution >= 0.6 is 0 Å². The molecule has 0 radical (unpaired) electrons. The lowest BCUT2D eigenvalue weighted by Gasteiger charge is -2.44. The van der Waals surface area contributed by atoms with E-state index in [9.17, 15) is 5.11 Å². The van der Waals surface area contributed by atoms with Gasteiger partial charge in [0.15, 0.2) is 0 Å². The minimum absolute atomic E-state index is 0.211. The van der Waals surface area contributed by atoms with Crippen LogP contribution in [0.15, 0.2) is 24.5 Å². The summed E-state index contributed by atoms with van der Waals surface area (Å²) in [6.45, 7) is 6.70. The third kappa shape index (κ3) is 2.27. The lowest BCUT2D eigenvalue weighted by Crippen LogP contribution is -2.40. The Morgan fingerprint density at radius 2 is 2.12 bits per heavy atom. The molecule has 16 heavy (non-hydrogen) atoms. The Hall–Kier alpha value is -0.890. The summed E-state index contributed by atoms with van der Waals surface area (Å²) in [5.41, 5.74) is 0.493. The fourth-order valence-electron chi connectivity index (χ4n) is 3.39. The second-order valence-corrected chi connectivity index (χ2v) is 6.13. The fraction of sp³-hybridized carbons (Fsp3) is 0.643. The first-order valence-corrected chi connectivity index (χ1v) is 6.04. The zero-order chi connectivity index (χ0) is 11.8. The van der Waals surface area contributed by atoms with Gasteiger partial charge in [0, 0.05) is 18.0 Å². The highest BCUT2D eigenvalue weighted by molar-refractivity contribution is 5.20. The van der Waals surface area contributed by atoms with E-state index in [0.29, 0.717) is 5.92 Å². The molecule has 1 saturated carbocycles. The second-order valence-electron chi connectivity index (χ2n) is 6.13. The van der Waals surface area contributed by atoms with Crippen LogP contribution < -0.4 is 0 Å². The molecular weight excluding hydrogens is 198 g/mol. The molecule has 2 atom stereocenters. The standard InChI is InChI=1S/C14H21NO/c1-11-7-13(2,3)10-14(16,8-11)12-5-4-6-15-9-12/h4-6,9,11,16H,7-8,10H2,1-3H3. The first-order chi connectivity index (χ1) is 7.41. The summed E-state index contributed by atoms with van der Waals surface area (Å²) in [4.78, 5) is 4.12. The fourth-order valence-corrected chi connectivity index (χ4v) is 3.39. The van der Waals surface area contributed by atoms with E-state index in [4.69, 9.17) is 0 Å². The highest BCUT2D eigenvalue weighted by atomic mass is 16.3. The van der Waals surface area contributed by atoms with E-state index in [-0.39, 0.29) is 5.41 Å². The number of hydrogen-bond acceptors (Lipinski definition) is 2. The molecule has 88 valence electrons. The second kappa shape index (κ2) is 3.85. The number of aromatic nitrogens is 1. The van der Waals surface area contributed by atoms with Gasteiger partial charge in [-0.05, 0) is 36.7 Å². The van der Waals surface area contributed by atoms with Crippen molar-refractivity contribution in [3.8, 4) is 0 Å². The normalized spacial score (nSPS) is 33.6.